The largest absolute Gasteiger partial charge is 0.493 e. The van der Waals surface area contributed by atoms with Gasteiger partial charge in [0.15, 0.2) is 0 Å². The summed E-state index contributed by atoms with van der Waals surface area (Å²) in [5.74, 6) is -1.23. The number of aromatic nitrogens is 3. The van der Waals surface area contributed by atoms with Gasteiger partial charge in [-0.1, -0.05) is 36.4 Å². The van der Waals surface area contributed by atoms with Crippen LogP contribution in [0.15, 0.2) is 72.8 Å². The first kappa shape index (κ1) is 28.7. The Morgan fingerprint density at radius 1 is 0.978 bits per heavy atom. The molecule has 0 aliphatic carbocycles. The molecule has 45 heavy (non-hydrogen) atoms. The number of carbonyl (C=O) groups is 1. The molecule has 7 rings (SSSR count). The molecule has 0 saturated carbocycles. The Bertz CT molecular complexity index is 2110. The Hall–Kier alpha value is -5.02. The van der Waals surface area contributed by atoms with E-state index in [1.807, 2.05) is 49.4 Å². The summed E-state index contributed by atoms with van der Waals surface area (Å²) in [4.78, 5) is 13.1. The molecular weight excluding hydrogens is 576 g/mol. The highest BCUT2D eigenvalue weighted by atomic mass is 19.1. The van der Waals surface area contributed by atoms with Crippen LogP contribution >= 0.6 is 0 Å². The van der Waals surface area contributed by atoms with Gasteiger partial charge in [0.1, 0.15) is 23.1 Å². The van der Waals surface area contributed by atoms with Crippen LogP contribution in [0.4, 0.5) is 8.78 Å². The minimum Gasteiger partial charge on any atom is -0.493 e. The number of benzene rings is 4. The van der Waals surface area contributed by atoms with Crippen molar-refractivity contribution < 1.29 is 28.2 Å². The predicted molar refractivity (Wildman–Crippen MR) is 168 cm³/mol. The second kappa shape index (κ2) is 11.5. The minimum atomic E-state index is -1.09. The Labute approximate surface area is 258 Å². The van der Waals surface area contributed by atoms with Gasteiger partial charge in [-0.25, -0.2) is 13.6 Å². The van der Waals surface area contributed by atoms with E-state index in [9.17, 15) is 14.3 Å². The molecular formula is C36H31F2N3O4. The molecule has 228 valence electrons. The number of ether oxygens (including phenoxy) is 2. The number of carboxylic acids is 1. The number of carboxylic acid groups (broad SMARTS) is 1. The molecule has 0 saturated heterocycles. The number of hydrogen-bond acceptors (Lipinski definition) is 4. The van der Waals surface area contributed by atoms with Crippen LogP contribution in [0.5, 0.6) is 5.75 Å². The van der Waals surface area contributed by atoms with Crippen molar-refractivity contribution in [3.8, 4) is 16.9 Å². The minimum absolute atomic E-state index is 0.121. The van der Waals surface area contributed by atoms with E-state index in [-0.39, 0.29) is 24.7 Å². The maximum absolute atomic E-state index is 16.1. The zero-order chi connectivity index (χ0) is 31.2. The van der Waals surface area contributed by atoms with Crippen LogP contribution in [0.2, 0.25) is 0 Å². The summed E-state index contributed by atoms with van der Waals surface area (Å²) >= 11 is 0. The summed E-state index contributed by atoms with van der Waals surface area (Å²) in [6, 6.07) is 20.9. The van der Waals surface area contributed by atoms with Gasteiger partial charge in [0.2, 0.25) is 0 Å². The SMILES string of the molecule is Cc1c2c(nn1C)COCc1ccccc1Cn1c(C(=O)O)c(CCCOc3cccc4cc(F)ccc34)c3ccc(F)c-2c31. The Morgan fingerprint density at radius 3 is 2.60 bits per heavy atom. The van der Waals surface area contributed by atoms with Crippen molar-refractivity contribution in [2.75, 3.05) is 6.61 Å². The van der Waals surface area contributed by atoms with Crippen molar-refractivity contribution in [2.45, 2.75) is 39.5 Å². The monoisotopic (exact) mass is 607 g/mol. The number of aryl methyl sites for hydroxylation is 2. The van der Waals surface area contributed by atoms with Crippen LogP contribution in [0.25, 0.3) is 32.8 Å². The summed E-state index contributed by atoms with van der Waals surface area (Å²) in [6.45, 7) is 2.90. The fourth-order valence-corrected chi connectivity index (χ4v) is 6.55. The number of rotatable bonds is 6. The third-order valence-corrected chi connectivity index (χ3v) is 8.71. The second-order valence-corrected chi connectivity index (χ2v) is 11.4. The topological polar surface area (TPSA) is 78.5 Å². The lowest BCUT2D eigenvalue weighted by atomic mass is 9.97. The van der Waals surface area contributed by atoms with Crippen molar-refractivity contribution in [1.82, 2.24) is 14.3 Å². The Kier molecular flexibility index (Phi) is 7.33. The summed E-state index contributed by atoms with van der Waals surface area (Å²) in [7, 11) is 1.81. The average molecular weight is 608 g/mol. The van der Waals surface area contributed by atoms with Gasteiger partial charge < -0.3 is 19.1 Å². The second-order valence-electron chi connectivity index (χ2n) is 11.4. The van der Waals surface area contributed by atoms with E-state index in [4.69, 9.17) is 9.47 Å². The van der Waals surface area contributed by atoms with Crippen LogP contribution in [-0.4, -0.2) is 32.0 Å². The molecule has 9 heteroatoms. The van der Waals surface area contributed by atoms with Crippen LogP contribution in [0.3, 0.4) is 0 Å². The lowest BCUT2D eigenvalue weighted by molar-refractivity contribution is 0.0684. The standard InChI is InChI=1S/C36H31F2N3O4/c1-21-32-30(39-40(21)2)20-44-19-24-8-4-3-7-23(24)18-41-34-28(14-15-29(38)33(32)34)27(35(41)36(42)43)10-6-16-45-31-11-5-9-22-17-25(37)12-13-26(22)31/h3-5,7-9,11-15,17H,6,10,16,18-20H2,1-2H3,(H,42,43). The number of halogens is 2. The number of aromatic carboxylic acids is 1. The number of hydrogen-bond donors (Lipinski definition) is 1. The van der Waals surface area contributed by atoms with E-state index >= 15 is 4.39 Å². The zero-order valence-corrected chi connectivity index (χ0v) is 24.9. The van der Waals surface area contributed by atoms with Crippen LogP contribution in [0, 0.1) is 18.6 Å². The maximum atomic E-state index is 16.1. The highest BCUT2D eigenvalue weighted by Crippen LogP contribution is 2.41. The molecule has 0 radical (unpaired) electrons. The van der Waals surface area contributed by atoms with E-state index < -0.39 is 11.8 Å². The van der Waals surface area contributed by atoms with Crippen molar-refractivity contribution in [3.63, 3.8) is 0 Å². The van der Waals surface area contributed by atoms with Gasteiger partial charge >= 0.3 is 5.97 Å². The van der Waals surface area contributed by atoms with Gasteiger partial charge in [-0.05, 0) is 78.2 Å². The third kappa shape index (κ3) is 5.03. The van der Waals surface area contributed by atoms with E-state index in [1.54, 1.807) is 28.4 Å². The van der Waals surface area contributed by atoms with Crippen LogP contribution in [0.1, 0.15) is 45.0 Å². The summed E-state index contributed by atoms with van der Waals surface area (Å²) < 4.78 is 45.5. The van der Waals surface area contributed by atoms with E-state index in [1.165, 1.54) is 18.2 Å². The first-order valence-electron chi connectivity index (χ1n) is 14.9. The molecule has 1 N–H and O–H groups in total. The third-order valence-electron chi connectivity index (χ3n) is 8.71. The number of fused-ring (bicyclic) bond motifs is 4. The summed E-state index contributed by atoms with van der Waals surface area (Å²) in [6.07, 6.45) is 0.893. The molecule has 7 nitrogen and oxygen atoms in total. The molecule has 2 aromatic heterocycles. The Morgan fingerprint density at radius 2 is 1.78 bits per heavy atom. The van der Waals surface area contributed by atoms with Crippen LogP contribution in [-0.2, 0) is 38.0 Å². The van der Waals surface area contributed by atoms with Gasteiger partial charge in [-0.3, -0.25) is 4.68 Å². The molecule has 6 aromatic rings. The molecule has 0 amide bonds. The van der Waals surface area contributed by atoms with Gasteiger partial charge in [0.05, 0.1) is 31.0 Å². The zero-order valence-electron chi connectivity index (χ0n) is 24.9. The first-order chi connectivity index (χ1) is 21.8. The van der Waals surface area contributed by atoms with Gasteiger partial charge in [0.25, 0.3) is 0 Å². The summed E-state index contributed by atoms with van der Waals surface area (Å²) in [5.41, 5.74) is 5.37. The molecule has 1 aliphatic heterocycles. The van der Waals surface area contributed by atoms with Crippen molar-refractivity contribution >= 4 is 27.6 Å². The highest BCUT2D eigenvalue weighted by Gasteiger charge is 2.29. The van der Waals surface area contributed by atoms with Crippen LogP contribution < -0.4 is 4.74 Å². The van der Waals surface area contributed by atoms with Crippen molar-refractivity contribution in [1.29, 1.82) is 0 Å². The number of nitrogens with zero attached hydrogens (tertiary/aromatic N) is 3. The fourth-order valence-electron chi connectivity index (χ4n) is 6.55. The van der Waals surface area contributed by atoms with Crippen molar-refractivity contribution in [2.24, 2.45) is 7.05 Å². The molecule has 0 atom stereocenters. The molecule has 1 aliphatic rings. The Balaban J connectivity index is 1.35. The molecule has 0 bridgehead atoms. The maximum Gasteiger partial charge on any atom is 0.352 e. The lowest BCUT2D eigenvalue weighted by Crippen LogP contribution is -2.13. The van der Waals surface area contributed by atoms with Gasteiger partial charge in [0, 0.05) is 41.2 Å². The van der Waals surface area contributed by atoms with E-state index in [2.05, 4.69) is 5.10 Å². The predicted octanol–water partition coefficient (Wildman–Crippen LogP) is 7.57. The average Bonchev–Trinajstić information content (AvgIpc) is 3.47. The molecule has 4 aromatic carbocycles. The molecule has 3 heterocycles. The van der Waals surface area contributed by atoms with Gasteiger partial charge in [-0.2, -0.15) is 5.10 Å². The fraction of sp³-hybridized carbons (Fsp3) is 0.222. The van der Waals surface area contributed by atoms with Gasteiger partial charge in [-0.15, -0.1) is 0 Å². The quantitative estimate of drug-likeness (QED) is 0.198. The smallest absolute Gasteiger partial charge is 0.352 e. The first-order valence-corrected chi connectivity index (χ1v) is 14.9. The molecule has 0 unspecified atom stereocenters. The van der Waals surface area contributed by atoms with E-state index in [0.717, 1.165) is 27.6 Å². The summed E-state index contributed by atoms with van der Waals surface area (Å²) in [5, 5.41) is 17.5. The normalized spacial score (nSPS) is 13.0. The van der Waals surface area contributed by atoms with E-state index in [0.29, 0.717) is 65.1 Å². The highest BCUT2D eigenvalue weighted by molar-refractivity contribution is 6.04. The lowest BCUT2D eigenvalue weighted by Gasteiger charge is -2.15. The van der Waals surface area contributed by atoms with Crippen molar-refractivity contribution in [3.05, 3.63) is 118 Å². The molecule has 0 spiro atoms. The molecule has 0 fully saturated rings.